The van der Waals surface area contributed by atoms with E-state index in [9.17, 15) is 17.6 Å². The highest BCUT2D eigenvalue weighted by atomic mass is 32.2. The third-order valence-electron chi connectivity index (χ3n) is 5.60. The van der Waals surface area contributed by atoms with E-state index in [1.54, 1.807) is 24.3 Å². The summed E-state index contributed by atoms with van der Waals surface area (Å²) in [6.45, 7) is 1.77. The van der Waals surface area contributed by atoms with Crippen molar-refractivity contribution in [1.29, 1.82) is 0 Å². The van der Waals surface area contributed by atoms with E-state index < -0.39 is 10.0 Å². The SMILES string of the molecule is O=C(NCC1(c2ccc(F)cc2)CC1)c1cccc(S(=O)(=O)N2CCOCC2)c1. The van der Waals surface area contributed by atoms with Gasteiger partial charge < -0.3 is 10.1 Å². The average molecular weight is 418 g/mol. The van der Waals surface area contributed by atoms with Crippen LogP contribution >= 0.6 is 0 Å². The van der Waals surface area contributed by atoms with Gasteiger partial charge in [0.1, 0.15) is 5.82 Å². The van der Waals surface area contributed by atoms with Gasteiger partial charge in [0, 0.05) is 30.6 Å². The molecule has 29 heavy (non-hydrogen) atoms. The molecule has 2 fully saturated rings. The fourth-order valence-electron chi connectivity index (χ4n) is 3.61. The lowest BCUT2D eigenvalue weighted by Crippen LogP contribution is -2.40. The maximum atomic E-state index is 13.2. The number of carbonyl (C=O) groups is 1. The zero-order chi connectivity index (χ0) is 20.5. The Labute approximate surface area is 169 Å². The van der Waals surface area contributed by atoms with Crippen molar-refractivity contribution in [3.63, 3.8) is 0 Å². The Bertz CT molecular complexity index is 998. The second-order valence-electron chi connectivity index (χ2n) is 7.51. The summed E-state index contributed by atoms with van der Waals surface area (Å²) >= 11 is 0. The Kier molecular flexibility index (Phi) is 5.42. The molecule has 2 aromatic rings. The quantitative estimate of drug-likeness (QED) is 0.781. The predicted molar refractivity (Wildman–Crippen MR) is 106 cm³/mol. The molecule has 0 atom stereocenters. The van der Waals surface area contributed by atoms with Crippen LogP contribution in [-0.4, -0.2) is 51.5 Å². The fourth-order valence-corrected chi connectivity index (χ4v) is 5.06. The summed E-state index contributed by atoms with van der Waals surface area (Å²) in [5, 5.41) is 2.91. The normalized spacial score (nSPS) is 18.9. The van der Waals surface area contributed by atoms with Crippen molar-refractivity contribution in [3.05, 3.63) is 65.5 Å². The molecule has 6 nitrogen and oxygen atoms in total. The van der Waals surface area contributed by atoms with Crippen molar-refractivity contribution in [2.45, 2.75) is 23.2 Å². The number of hydrogen-bond donors (Lipinski definition) is 1. The Hall–Kier alpha value is -2.29. The third kappa shape index (κ3) is 4.19. The van der Waals surface area contributed by atoms with Crippen LogP contribution in [0.15, 0.2) is 53.4 Å². The number of nitrogens with one attached hydrogen (secondary N) is 1. The van der Waals surface area contributed by atoms with Crippen molar-refractivity contribution >= 4 is 15.9 Å². The van der Waals surface area contributed by atoms with Gasteiger partial charge in [-0.25, -0.2) is 12.8 Å². The Morgan fingerprint density at radius 1 is 1.10 bits per heavy atom. The van der Waals surface area contributed by atoms with Gasteiger partial charge in [0.2, 0.25) is 10.0 Å². The Balaban J connectivity index is 1.46. The van der Waals surface area contributed by atoms with Crippen molar-refractivity contribution in [2.24, 2.45) is 0 Å². The molecule has 0 aromatic heterocycles. The topological polar surface area (TPSA) is 75.7 Å². The smallest absolute Gasteiger partial charge is 0.251 e. The molecule has 1 saturated carbocycles. The minimum absolute atomic E-state index is 0.103. The molecule has 0 spiro atoms. The molecule has 2 aliphatic rings. The highest BCUT2D eigenvalue weighted by Crippen LogP contribution is 2.47. The zero-order valence-corrected chi connectivity index (χ0v) is 16.8. The Morgan fingerprint density at radius 3 is 2.45 bits per heavy atom. The summed E-state index contributed by atoms with van der Waals surface area (Å²) in [4.78, 5) is 12.8. The molecule has 0 bridgehead atoms. The fraction of sp³-hybridized carbons (Fsp3) is 0.381. The van der Waals surface area contributed by atoms with Crippen LogP contribution in [0.5, 0.6) is 0 Å². The number of benzene rings is 2. The van der Waals surface area contributed by atoms with E-state index in [2.05, 4.69) is 5.32 Å². The summed E-state index contributed by atoms with van der Waals surface area (Å²) < 4.78 is 45.4. The van der Waals surface area contributed by atoms with Crippen LogP contribution in [0.25, 0.3) is 0 Å². The first-order valence-electron chi connectivity index (χ1n) is 9.63. The lowest BCUT2D eigenvalue weighted by molar-refractivity contribution is 0.0730. The third-order valence-corrected chi connectivity index (χ3v) is 7.50. The van der Waals surface area contributed by atoms with Gasteiger partial charge in [-0.15, -0.1) is 0 Å². The number of amides is 1. The number of halogens is 1. The summed E-state index contributed by atoms with van der Waals surface area (Å²) in [7, 11) is -3.66. The van der Waals surface area contributed by atoms with Gasteiger partial charge in [0.15, 0.2) is 0 Å². The number of carbonyl (C=O) groups excluding carboxylic acids is 1. The second-order valence-corrected chi connectivity index (χ2v) is 9.45. The van der Waals surface area contributed by atoms with Crippen LogP contribution in [0.4, 0.5) is 4.39 Å². The van der Waals surface area contributed by atoms with Gasteiger partial charge in [-0.2, -0.15) is 4.31 Å². The molecular formula is C21H23FN2O4S. The minimum Gasteiger partial charge on any atom is -0.379 e. The first kappa shape index (κ1) is 20.0. The second kappa shape index (κ2) is 7.85. The van der Waals surface area contributed by atoms with Crippen LogP contribution in [0.1, 0.15) is 28.8 Å². The van der Waals surface area contributed by atoms with Crippen molar-refractivity contribution in [3.8, 4) is 0 Å². The molecular weight excluding hydrogens is 395 g/mol. The molecule has 1 N–H and O–H groups in total. The summed E-state index contributed by atoms with van der Waals surface area (Å²) in [5.41, 5.74) is 1.14. The monoisotopic (exact) mass is 418 g/mol. The molecule has 2 aromatic carbocycles. The molecule has 1 saturated heterocycles. The summed E-state index contributed by atoms with van der Waals surface area (Å²) in [6, 6.07) is 12.5. The molecule has 0 unspecified atom stereocenters. The highest BCUT2D eigenvalue weighted by Gasteiger charge is 2.44. The van der Waals surface area contributed by atoms with Crippen LogP contribution in [0.2, 0.25) is 0 Å². The van der Waals surface area contributed by atoms with Gasteiger partial charge >= 0.3 is 0 Å². The molecule has 1 amide bonds. The molecule has 1 aliphatic heterocycles. The number of rotatable bonds is 6. The van der Waals surface area contributed by atoms with E-state index in [1.807, 2.05) is 0 Å². The number of nitrogens with zero attached hydrogens (tertiary/aromatic N) is 1. The lowest BCUT2D eigenvalue weighted by atomic mass is 9.96. The van der Waals surface area contributed by atoms with E-state index in [0.29, 0.717) is 38.4 Å². The highest BCUT2D eigenvalue weighted by molar-refractivity contribution is 7.89. The Morgan fingerprint density at radius 2 is 1.79 bits per heavy atom. The summed E-state index contributed by atoms with van der Waals surface area (Å²) in [5.74, 6) is -0.607. The van der Waals surface area contributed by atoms with Gasteiger partial charge in [0.05, 0.1) is 18.1 Å². The van der Waals surface area contributed by atoms with E-state index in [1.165, 1.54) is 28.6 Å². The number of morpholine rings is 1. The molecule has 154 valence electrons. The van der Waals surface area contributed by atoms with E-state index >= 15 is 0 Å². The van der Waals surface area contributed by atoms with E-state index in [4.69, 9.17) is 4.74 Å². The van der Waals surface area contributed by atoms with E-state index in [0.717, 1.165) is 18.4 Å². The van der Waals surface area contributed by atoms with Crippen molar-refractivity contribution in [1.82, 2.24) is 9.62 Å². The van der Waals surface area contributed by atoms with Crippen molar-refractivity contribution < 1.29 is 22.3 Å². The van der Waals surface area contributed by atoms with Crippen LogP contribution in [0.3, 0.4) is 0 Å². The maximum Gasteiger partial charge on any atom is 0.251 e. The average Bonchev–Trinajstić information content (AvgIpc) is 3.54. The largest absolute Gasteiger partial charge is 0.379 e. The first-order valence-corrected chi connectivity index (χ1v) is 11.1. The van der Waals surface area contributed by atoms with Crippen LogP contribution in [-0.2, 0) is 20.2 Å². The number of hydrogen-bond acceptors (Lipinski definition) is 4. The molecule has 0 radical (unpaired) electrons. The zero-order valence-electron chi connectivity index (χ0n) is 15.9. The van der Waals surface area contributed by atoms with Crippen molar-refractivity contribution in [2.75, 3.05) is 32.8 Å². The van der Waals surface area contributed by atoms with Gasteiger partial charge in [0.25, 0.3) is 5.91 Å². The summed E-state index contributed by atoms with van der Waals surface area (Å²) in [6.07, 6.45) is 1.84. The molecule has 1 aliphatic carbocycles. The molecule has 8 heteroatoms. The van der Waals surface area contributed by atoms with Gasteiger partial charge in [-0.3, -0.25) is 4.79 Å². The molecule has 1 heterocycles. The van der Waals surface area contributed by atoms with Crippen LogP contribution < -0.4 is 5.32 Å². The predicted octanol–water partition coefficient (Wildman–Crippen LogP) is 2.31. The standard InChI is InChI=1S/C21H23FN2O4S/c22-18-6-4-17(5-7-18)21(8-9-21)15-23-20(25)16-2-1-3-19(14-16)29(26,27)24-10-12-28-13-11-24/h1-7,14H,8-13,15H2,(H,23,25). The van der Waals surface area contributed by atoms with Crippen LogP contribution in [0, 0.1) is 5.82 Å². The first-order chi connectivity index (χ1) is 13.9. The number of ether oxygens (including phenoxy) is 1. The molecule has 4 rings (SSSR count). The maximum absolute atomic E-state index is 13.2. The number of sulfonamides is 1. The van der Waals surface area contributed by atoms with Gasteiger partial charge in [-0.05, 0) is 48.7 Å². The lowest BCUT2D eigenvalue weighted by Gasteiger charge is -2.26. The van der Waals surface area contributed by atoms with Gasteiger partial charge in [-0.1, -0.05) is 18.2 Å². The minimum atomic E-state index is -3.66. The van der Waals surface area contributed by atoms with E-state index in [-0.39, 0.29) is 22.0 Å².